The van der Waals surface area contributed by atoms with Crippen molar-refractivity contribution in [2.45, 2.75) is 57.9 Å². The van der Waals surface area contributed by atoms with Gasteiger partial charge in [-0.1, -0.05) is 51.5 Å². The first-order valence-electron chi connectivity index (χ1n) is 7.66. The molecule has 116 valence electrons. The van der Waals surface area contributed by atoms with Crippen LogP contribution in [-0.2, 0) is 4.79 Å². The summed E-state index contributed by atoms with van der Waals surface area (Å²) in [6.45, 7) is 2.18. The fourth-order valence-corrected chi connectivity index (χ4v) is 2.14. The lowest BCUT2D eigenvalue weighted by Gasteiger charge is -2.15. The number of primary amides is 1. The van der Waals surface area contributed by atoms with Crippen LogP contribution in [0.3, 0.4) is 0 Å². The van der Waals surface area contributed by atoms with Gasteiger partial charge in [0.05, 0.1) is 0 Å². The zero-order valence-electron chi connectivity index (χ0n) is 12.7. The van der Waals surface area contributed by atoms with Gasteiger partial charge in [0.25, 0.3) is 5.91 Å². The molecule has 0 saturated heterocycles. The van der Waals surface area contributed by atoms with Gasteiger partial charge >= 0.3 is 0 Å². The Morgan fingerprint density at radius 1 is 1.19 bits per heavy atom. The molecular weight excluding hydrogens is 266 g/mol. The van der Waals surface area contributed by atoms with Crippen LogP contribution in [0.4, 0.5) is 0 Å². The molecule has 1 aromatic heterocycles. The van der Waals surface area contributed by atoms with E-state index in [2.05, 4.69) is 17.2 Å². The van der Waals surface area contributed by atoms with E-state index in [-0.39, 0.29) is 5.91 Å². The van der Waals surface area contributed by atoms with Crippen LogP contribution in [0.25, 0.3) is 0 Å². The second-order valence-electron chi connectivity index (χ2n) is 5.20. The van der Waals surface area contributed by atoms with Crippen molar-refractivity contribution in [3.8, 4) is 0 Å². The minimum Gasteiger partial charge on any atom is -0.368 e. The van der Waals surface area contributed by atoms with Gasteiger partial charge in [-0.3, -0.25) is 14.6 Å². The van der Waals surface area contributed by atoms with Crippen molar-refractivity contribution in [3.05, 3.63) is 30.1 Å². The number of aromatic nitrogens is 1. The number of amides is 2. The van der Waals surface area contributed by atoms with Gasteiger partial charge in [0, 0.05) is 6.20 Å². The molecule has 1 heterocycles. The molecule has 0 spiro atoms. The molecule has 0 saturated carbocycles. The molecule has 2 amide bonds. The first-order valence-corrected chi connectivity index (χ1v) is 7.66. The molecule has 0 bridgehead atoms. The van der Waals surface area contributed by atoms with E-state index < -0.39 is 11.9 Å². The second-order valence-corrected chi connectivity index (χ2v) is 5.20. The molecule has 0 aliphatic heterocycles. The highest BCUT2D eigenvalue weighted by Crippen LogP contribution is 2.09. The van der Waals surface area contributed by atoms with Gasteiger partial charge in [-0.05, 0) is 18.6 Å². The van der Waals surface area contributed by atoms with Crippen molar-refractivity contribution in [2.24, 2.45) is 5.73 Å². The molecule has 5 heteroatoms. The van der Waals surface area contributed by atoms with Crippen LogP contribution >= 0.6 is 0 Å². The second kappa shape index (κ2) is 9.91. The van der Waals surface area contributed by atoms with E-state index in [0.717, 1.165) is 19.3 Å². The summed E-state index contributed by atoms with van der Waals surface area (Å²) in [5, 5.41) is 2.66. The lowest BCUT2D eigenvalue weighted by molar-refractivity contribution is -0.120. The summed E-state index contributed by atoms with van der Waals surface area (Å²) in [7, 11) is 0. The van der Waals surface area contributed by atoms with Gasteiger partial charge in [0.15, 0.2) is 0 Å². The largest absolute Gasteiger partial charge is 0.368 e. The minimum absolute atomic E-state index is 0.298. The Balaban J connectivity index is 2.36. The van der Waals surface area contributed by atoms with Gasteiger partial charge in [0.2, 0.25) is 5.91 Å². The summed E-state index contributed by atoms with van der Waals surface area (Å²) in [6.07, 6.45) is 8.91. The van der Waals surface area contributed by atoms with E-state index in [9.17, 15) is 9.59 Å². The Kier molecular flexibility index (Phi) is 8.09. The van der Waals surface area contributed by atoms with Gasteiger partial charge in [-0.15, -0.1) is 0 Å². The fraction of sp³-hybridized carbons (Fsp3) is 0.562. The molecule has 1 rings (SSSR count). The number of rotatable bonds is 10. The molecule has 3 N–H and O–H groups in total. The summed E-state index contributed by atoms with van der Waals surface area (Å²) in [4.78, 5) is 27.3. The number of nitrogens with zero attached hydrogens (tertiary/aromatic N) is 1. The predicted octanol–water partition coefficient (Wildman–Crippen LogP) is 2.42. The highest BCUT2D eigenvalue weighted by atomic mass is 16.2. The molecule has 0 aromatic carbocycles. The van der Waals surface area contributed by atoms with Crippen molar-refractivity contribution < 1.29 is 9.59 Å². The molecule has 5 nitrogen and oxygen atoms in total. The number of hydrogen-bond donors (Lipinski definition) is 2. The van der Waals surface area contributed by atoms with Crippen LogP contribution in [0.1, 0.15) is 62.4 Å². The smallest absolute Gasteiger partial charge is 0.270 e. The van der Waals surface area contributed by atoms with Gasteiger partial charge in [-0.25, -0.2) is 0 Å². The van der Waals surface area contributed by atoms with Crippen molar-refractivity contribution in [2.75, 3.05) is 0 Å². The Morgan fingerprint density at radius 3 is 2.52 bits per heavy atom. The van der Waals surface area contributed by atoms with E-state index >= 15 is 0 Å². The Labute approximate surface area is 126 Å². The third kappa shape index (κ3) is 6.88. The number of carbonyl (C=O) groups is 2. The summed E-state index contributed by atoms with van der Waals surface area (Å²) >= 11 is 0. The van der Waals surface area contributed by atoms with Gasteiger partial charge in [0.1, 0.15) is 11.7 Å². The number of unbranched alkanes of at least 4 members (excludes halogenated alkanes) is 5. The van der Waals surface area contributed by atoms with Crippen molar-refractivity contribution >= 4 is 11.8 Å². The predicted molar refractivity (Wildman–Crippen MR) is 82.7 cm³/mol. The van der Waals surface area contributed by atoms with Crippen molar-refractivity contribution in [1.82, 2.24) is 10.3 Å². The monoisotopic (exact) mass is 291 g/mol. The first-order chi connectivity index (χ1) is 10.1. The van der Waals surface area contributed by atoms with E-state index in [0.29, 0.717) is 12.1 Å². The number of carbonyl (C=O) groups excluding carboxylic acids is 2. The number of hydrogen-bond acceptors (Lipinski definition) is 3. The molecule has 0 unspecified atom stereocenters. The molecule has 21 heavy (non-hydrogen) atoms. The molecule has 0 aliphatic rings. The van der Waals surface area contributed by atoms with E-state index in [1.807, 2.05) is 0 Å². The third-order valence-electron chi connectivity index (χ3n) is 3.39. The standard InChI is InChI=1S/C16H25N3O2/c1-2-3-4-5-6-7-10-13(15(17)20)19-16(21)14-11-8-9-12-18-14/h8-9,11-13H,2-7,10H2,1H3,(H2,17,20)(H,19,21)/t13-/m1/s1. The van der Waals surface area contributed by atoms with E-state index in [4.69, 9.17) is 5.73 Å². The van der Waals surface area contributed by atoms with Gasteiger partial charge < -0.3 is 11.1 Å². The number of pyridine rings is 1. The Bertz CT molecular complexity index is 434. The molecule has 0 fully saturated rings. The Hall–Kier alpha value is -1.91. The van der Waals surface area contributed by atoms with E-state index in [1.54, 1.807) is 24.4 Å². The average Bonchev–Trinajstić information content (AvgIpc) is 2.50. The maximum atomic E-state index is 12.0. The van der Waals surface area contributed by atoms with Crippen molar-refractivity contribution in [1.29, 1.82) is 0 Å². The molecule has 0 aliphatic carbocycles. The minimum atomic E-state index is -0.620. The molecular formula is C16H25N3O2. The van der Waals surface area contributed by atoms with Crippen LogP contribution in [0.5, 0.6) is 0 Å². The lowest BCUT2D eigenvalue weighted by Crippen LogP contribution is -2.44. The zero-order valence-corrected chi connectivity index (χ0v) is 12.7. The summed E-state index contributed by atoms with van der Waals surface area (Å²) in [5.74, 6) is -0.849. The fourth-order valence-electron chi connectivity index (χ4n) is 2.14. The van der Waals surface area contributed by atoms with Crippen molar-refractivity contribution in [3.63, 3.8) is 0 Å². The molecule has 1 atom stereocenters. The number of nitrogens with two attached hydrogens (primary N) is 1. The maximum Gasteiger partial charge on any atom is 0.270 e. The topological polar surface area (TPSA) is 85.1 Å². The average molecular weight is 291 g/mol. The van der Waals surface area contributed by atoms with Crippen LogP contribution < -0.4 is 11.1 Å². The first kappa shape index (κ1) is 17.1. The quantitative estimate of drug-likeness (QED) is 0.649. The van der Waals surface area contributed by atoms with Crippen LogP contribution in [0.15, 0.2) is 24.4 Å². The van der Waals surface area contributed by atoms with Crippen LogP contribution in [0, 0.1) is 0 Å². The zero-order chi connectivity index (χ0) is 15.5. The molecule has 0 radical (unpaired) electrons. The highest BCUT2D eigenvalue weighted by Gasteiger charge is 2.18. The molecule has 1 aromatic rings. The normalized spacial score (nSPS) is 11.9. The van der Waals surface area contributed by atoms with Crippen LogP contribution in [0.2, 0.25) is 0 Å². The van der Waals surface area contributed by atoms with Gasteiger partial charge in [-0.2, -0.15) is 0 Å². The summed E-state index contributed by atoms with van der Waals surface area (Å²) < 4.78 is 0. The third-order valence-corrected chi connectivity index (χ3v) is 3.39. The Morgan fingerprint density at radius 2 is 1.90 bits per heavy atom. The number of nitrogens with one attached hydrogen (secondary N) is 1. The van der Waals surface area contributed by atoms with E-state index in [1.165, 1.54) is 19.3 Å². The SMILES string of the molecule is CCCCCCCC[C@@H](NC(=O)c1ccccn1)C(N)=O. The maximum absolute atomic E-state index is 12.0. The highest BCUT2D eigenvalue weighted by molar-refractivity contribution is 5.95. The summed E-state index contributed by atoms with van der Waals surface area (Å²) in [6, 6.07) is 4.46. The summed E-state index contributed by atoms with van der Waals surface area (Å²) in [5.41, 5.74) is 5.65. The lowest BCUT2D eigenvalue weighted by atomic mass is 10.1. The van der Waals surface area contributed by atoms with Crippen LogP contribution in [-0.4, -0.2) is 22.8 Å².